The summed E-state index contributed by atoms with van der Waals surface area (Å²) < 4.78 is 31.4. The molecule has 0 radical (unpaired) electrons. The third kappa shape index (κ3) is 5.20. The zero-order valence-electron chi connectivity index (χ0n) is 20.8. The minimum absolute atomic E-state index is 0.256. The molecule has 4 aromatic rings. The standard InChI is InChI=1S/C25H28ClN5O3S3/c1-16-13-19(26)15-21-23(16)27-25(36-21)29(10-11-30-18(3)14-17(2)28-30)24(32)20-7-4-5-9-31(20)37(33,34)22-8-6-12-35-22/h6,8,12-15,20H,4-5,7,9-11H2,1-3H3. The highest BCUT2D eigenvalue weighted by Gasteiger charge is 2.40. The van der Waals surface area contributed by atoms with Gasteiger partial charge in [0.05, 0.1) is 22.5 Å². The highest BCUT2D eigenvalue weighted by atomic mass is 35.5. The minimum Gasteiger partial charge on any atom is -0.285 e. The lowest BCUT2D eigenvalue weighted by atomic mass is 10.0. The third-order valence-electron chi connectivity index (χ3n) is 6.57. The molecule has 4 heterocycles. The number of fused-ring (bicyclic) bond motifs is 1. The Labute approximate surface area is 229 Å². The van der Waals surface area contributed by atoms with E-state index in [4.69, 9.17) is 16.6 Å². The number of thiazole rings is 1. The summed E-state index contributed by atoms with van der Waals surface area (Å²) in [7, 11) is -3.78. The van der Waals surface area contributed by atoms with Crippen LogP contribution in [0.4, 0.5) is 5.13 Å². The van der Waals surface area contributed by atoms with Crippen molar-refractivity contribution in [2.45, 2.75) is 56.8 Å². The molecule has 1 unspecified atom stereocenters. The number of sulfonamides is 1. The van der Waals surface area contributed by atoms with E-state index < -0.39 is 16.1 Å². The highest BCUT2D eigenvalue weighted by molar-refractivity contribution is 7.91. The lowest BCUT2D eigenvalue weighted by Crippen LogP contribution is -2.53. The van der Waals surface area contributed by atoms with Gasteiger partial charge in [0, 0.05) is 23.8 Å². The van der Waals surface area contributed by atoms with E-state index in [2.05, 4.69) is 5.10 Å². The fraction of sp³-hybridized carbons (Fsp3) is 0.400. The number of hydrogen-bond acceptors (Lipinski definition) is 7. The molecular weight excluding hydrogens is 550 g/mol. The first kappa shape index (κ1) is 26.3. The predicted molar refractivity (Wildman–Crippen MR) is 149 cm³/mol. The molecule has 0 aliphatic carbocycles. The Hall–Kier alpha value is -2.31. The number of halogens is 1. The minimum atomic E-state index is -3.78. The Morgan fingerprint density at radius 3 is 2.73 bits per heavy atom. The van der Waals surface area contributed by atoms with Gasteiger partial charge in [-0.3, -0.25) is 14.4 Å². The number of thiophene rings is 1. The summed E-state index contributed by atoms with van der Waals surface area (Å²) in [5, 5.41) is 7.43. The summed E-state index contributed by atoms with van der Waals surface area (Å²) in [4.78, 5) is 20.7. The lowest BCUT2D eigenvalue weighted by Gasteiger charge is -2.35. The van der Waals surface area contributed by atoms with Gasteiger partial charge < -0.3 is 0 Å². The number of anilines is 1. The van der Waals surface area contributed by atoms with Crippen LogP contribution in [0.2, 0.25) is 5.02 Å². The van der Waals surface area contributed by atoms with Crippen LogP contribution in [0.5, 0.6) is 0 Å². The number of nitrogens with zero attached hydrogens (tertiary/aromatic N) is 5. The Morgan fingerprint density at radius 1 is 1.22 bits per heavy atom. The molecule has 5 rings (SSSR count). The summed E-state index contributed by atoms with van der Waals surface area (Å²) >= 11 is 8.85. The van der Waals surface area contributed by atoms with Crippen LogP contribution in [-0.4, -0.2) is 52.5 Å². The second-order valence-corrected chi connectivity index (χ2v) is 13.8. The van der Waals surface area contributed by atoms with Gasteiger partial charge in [-0.2, -0.15) is 9.40 Å². The molecule has 0 bridgehead atoms. The molecule has 196 valence electrons. The van der Waals surface area contributed by atoms with Gasteiger partial charge in [-0.15, -0.1) is 11.3 Å². The summed E-state index contributed by atoms with van der Waals surface area (Å²) in [6, 6.07) is 8.21. The van der Waals surface area contributed by atoms with Gasteiger partial charge in [0.2, 0.25) is 5.91 Å². The van der Waals surface area contributed by atoms with E-state index in [1.54, 1.807) is 22.4 Å². The van der Waals surface area contributed by atoms with Crippen molar-refractivity contribution < 1.29 is 13.2 Å². The molecule has 3 aromatic heterocycles. The van der Waals surface area contributed by atoms with Gasteiger partial charge >= 0.3 is 0 Å². The number of aryl methyl sites for hydroxylation is 3. The van der Waals surface area contributed by atoms with Crippen LogP contribution in [0.3, 0.4) is 0 Å². The largest absolute Gasteiger partial charge is 0.285 e. The monoisotopic (exact) mass is 577 g/mol. The maximum absolute atomic E-state index is 14.2. The summed E-state index contributed by atoms with van der Waals surface area (Å²) in [6.07, 6.45) is 1.97. The van der Waals surface area contributed by atoms with Crippen LogP contribution in [-0.2, 0) is 21.4 Å². The first-order valence-electron chi connectivity index (χ1n) is 12.1. The second-order valence-electron chi connectivity index (χ2n) is 9.27. The average Bonchev–Trinajstić information content (AvgIpc) is 3.60. The molecule has 0 spiro atoms. The molecule has 1 amide bonds. The molecular formula is C25H28ClN5O3S3. The van der Waals surface area contributed by atoms with Gasteiger partial charge in [0.1, 0.15) is 10.3 Å². The van der Waals surface area contributed by atoms with E-state index in [9.17, 15) is 13.2 Å². The van der Waals surface area contributed by atoms with Gasteiger partial charge in [-0.25, -0.2) is 13.4 Å². The molecule has 1 fully saturated rings. The Bertz CT molecular complexity index is 1550. The van der Waals surface area contributed by atoms with Crippen LogP contribution >= 0.6 is 34.3 Å². The normalized spacial score (nSPS) is 16.9. The lowest BCUT2D eigenvalue weighted by molar-refractivity contribution is -0.123. The van der Waals surface area contributed by atoms with Crippen LogP contribution in [0.1, 0.15) is 36.2 Å². The van der Waals surface area contributed by atoms with Crippen molar-refractivity contribution in [3.8, 4) is 0 Å². The first-order chi connectivity index (χ1) is 17.6. The Morgan fingerprint density at radius 2 is 2.03 bits per heavy atom. The van der Waals surface area contributed by atoms with E-state index in [0.717, 1.165) is 40.0 Å². The van der Waals surface area contributed by atoms with Gasteiger partial charge in [0.15, 0.2) is 5.13 Å². The maximum Gasteiger partial charge on any atom is 0.253 e. The number of rotatable bonds is 7. The molecule has 0 N–H and O–H groups in total. The number of hydrogen-bond donors (Lipinski definition) is 0. The smallest absolute Gasteiger partial charge is 0.253 e. The van der Waals surface area contributed by atoms with Gasteiger partial charge in [0.25, 0.3) is 10.0 Å². The number of amides is 1. The van der Waals surface area contributed by atoms with E-state index in [1.165, 1.54) is 27.0 Å². The van der Waals surface area contributed by atoms with E-state index in [1.807, 2.05) is 43.7 Å². The number of benzene rings is 1. The Kier molecular flexibility index (Phi) is 7.43. The first-order valence-corrected chi connectivity index (χ1v) is 15.6. The van der Waals surface area contributed by atoms with Crippen molar-refractivity contribution in [2.75, 3.05) is 18.0 Å². The molecule has 12 heteroatoms. The van der Waals surface area contributed by atoms with Crippen molar-refractivity contribution in [1.29, 1.82) is 0 Å². The van der Waals surface area contributed by atoms with Crippen molar-refractivity contribution in [3.63, 3.8) is 0 Å². The van der Waals surface area contributed by atoms with Crippen LogP contribution in [0, 0.1) is 20.8 Å². The zero-order valence-corrected chi connectivity index (χ0v) is 24.1. The van der Waals surface area contributed by atoms with Crippen LogP contribution in [0.15, 0.2) is 39.9 Å². The molecule has 1 aromatic carbocycles. The molecule has 1 saturated heterocycles. The van der Waals surface area contributed by atoms with Crippen molar-refractivity contribution in [2.24, 2.45) is 0 Å². The highest BCUT2D eigenvalue weighted by Crippen LogP contribution is 2.35. The van der Waals surface area contributed by atoms with E-state index in [-0.39, 0.29) is 10.1 Å². The third-order valence-corrected chi connectivity index (χ3v) is 11.1. The molecule has 8 nitrogen and oxygen atoms in total. The number of piperidine rings is 1. The molecule has 1 aliphatic heterocycles. The molecule has 1 aliphatic rings. The van der Waals surface area contributed by atoms with Crippen LogP contribution < -0.4 is 4.90 Å². The van der Waals surface area contributed by atoms with E-state index >= 15 is 0 Å². The fourth-order valence-corrected chi connectivity index (χ4v) is 9.02. The molecule has 37 heavy (non-hydrogen) atoms. The average molecular weight is 578 g/mol. The zero-order chi connectivity index (χ0) is 26.3. The summed E-state index contributed by atoms with van der Waals surface area (Å²) in [5.74, 6) is -0.260. The molecule has 1 atom stereocenters. The van der Waals surface area contributed by atoms with Crippen molar-refractivity contribution in [3.05, 3.63) is 57.7 Å². The predicted octanol–water partition coefficient (Wildman–Crippen LogP) is 5.41. The van der Waals surface area contributed by atoms with Crippen LogP contribution in [0.25, 0.3) is 10.2 Å². The second kappa shape index (κ2) is 10.5. The van der Waals surface area contributed by atoms with Crippen molar-refractivity contribution in [1.82, 2.24) is 19.1 Å². The topological polar surface area (TPSA) is 88.4 Å². The maximum atomic E-state index is 14.2. The SMILES string of the molecule is Cc1cc(C)n(CCN(C(=O)C2CCCCN2S(=O)(=O)c2cccs2)c2nc3c(C)cc(Cl)cc3s2)n1. The van der Waals surface area contributed by atoms with Gasteiger partial charge in [-0.05, 0) is 68.8 Å². The molecule has 0 saturated carbocycles. The summed E-state index contributed by atoms with van der Waals surface area (Å²) in [6.45, 7) is 6.95. The van der Waals surface area contributed by atoms with Crippen molar-refractivity contribution >= 4 is 65.6 Å². The number of carbonyl (C=O) groups is 1. The quantitative estimate of drug-likeness (QED) is 0.293. The number of aromatic nitrogens is 3. The summed E-state index contributed by atoms with van der Waals surface area (Å²) in [5.41, 5.74) is 3.62. The number of carbonyl (C=O) groups excluding carboxylic acids is 1. The van der Waals surface area contributed by atoms with E-state index in [0.29, 0.717) is 36.2 Å². The fourth-order valence-electron chi connectivity index (χ4n) is 4.80. The van der Waals surface area contributed by atoms with Gasteiger partial charge in [-0.1, -0.05) is 35.4 Å². The Balaban J connectivity index is 1.53.